The van der Waals surface area contributed by atoms with Crippen molar-refractivity contribution in [2.24, 2.45) is 16.6 Å². The van der Waals surface area contributed by atoms with Crippen LogP contribution in [0.15, 0.2) is 41.7 Å². The number of hydrogen-bond acceptors (Lipinski definition) is 7. The minimum Gasteiger partial charge on any atom is -0.379 e. The maximum Gasteiger partial charge on any atom is 0.164 e. The van der Waals surface area contributed by atoms with Crippen molar-refractivity contribution >= 4 is 39.3 Å². The lowest BCUT2D eigenvalue weighted by Crippen LogP contribution is -2.37. The Balaban J connectivity index is 1.60. The number of nitriles is 1. The van der Waals surface area contributed by atoms with Crippen molar-refractivity contribution in [2.75, 3.05) is 12.0 Å². The first-order chi connectivity index (χ1) is 14.9. The molecule has 3 atom stereocenters. The lowest BCUT2D eigenvalue weighted by Gasteiger charge is -2.32. The Kier molecular flexibility index (Phi) is 4.51. The first-order valence-electron chi connectivity index (χ1n) is 9.44. The maximum absolute atomic E-state index is 14.8. The zero-order chi connectivity index (χ0) is 21.8. The second-order valence-corrected chi connectivity index (χ2v) is 8.78. The van der Waals surface area contributed by atoms with Gasteiger partial charge in [-0.2, -0.15) is 5.26 Å². The van der Waals surface area contributed by atoms with E-state index in [-0.39, 0.29) is 27.6 Å². The summed E-state index contributed by atoms with van der Waals surface area (Å²) in [5.74, 6) is -2.22. The van der Waals surface area contributed by atoms with Gasteiger partial charge in [-0.05, 0) is 24.6 Å². The lowest BCUT2D eigenvalue weighted by atomic mass is 9.85. The molecule has 3 aromatic rings. The Bertz CT molecular complexity index is 1290. The highest BCUT2D eigenvalue weighted by Gasteiger charge is 2.58. The first kappa shape index (κ1) is 19.6. The quantitative estimate of drug-likeness (QED) is 0.633. The molecule has 0 amide bonds. The highest BCUT2D eigenvalue weighted by atomic mass is 32.2. The first-order valence-corrected chi connectivity index (χ1v) is 10.3. The van der Waals surface area contributed by atoms with Crippen LogP contribution in [0.25, 0.3) is 10.9 Å². The molecule has 1 fully saturated rings. The third kappa shape index (κ3) is 3.16. The molecule has 156 valence electrons. The van der Waals surface area contributed by atoms with Crippen LogP contribution in [0.2, 0.25) is 0 Å². The molecule has 5 rings (SSSR count). The molecule has 0 spiro atoms. The Morgan fingerprint density at radius 1 is 1.29 bits per heavy atom. The number of benzene rings is 1. The summed E-state index contributed by atoms with van der Waals surface area (Å²) in [5.41, 5.74) is 5.14. The molecule has 1 aromatic carbocycles. The van der Waals surface area contributed by atoms with Gasteiger partial charge in [-0.25, -0.2) is 23.1 Å². The van der Waals surface area contributed by atoms with Gasteiger partial charge in [0.15, 0.2) is 22.6 Å². The van der Waals surface area contributed by atoms with Crippen molar-refractivity contribution in [3.63, 3.8) is 0 Å². The van der Waals surface area contributed by atoms with E-state index in [0.29, 0.717) is 28.7 Å². The number of aromatic nitrogens is 2. The molecule has 31 heavy (non-hydrogen) atoms. The van der Waals surface area contributed by atoms with E-state index in [0.717, 1.165) is 6.07 Å². The van der Waals surface area contributed by atoms with Crippen molar-refractivity contribution < 1.29 is 13.2 Å². The summed E-state index contributed by atoms with van der Waals surface area (Å²) < 4.78 is 43.7. The summed E-state index contributed by atoms with van der Waals surface area (Å²) in [4.78, 5) is 12.7. The van der Waals surface area contributed by atoms with Gasteiger partial charge >= 0.3 is 0 Å². The summed E-state index contributed by atoms with van der Waals surface area (Å²) in [5, 5.41) is 12.9. The highest BCUT2D eigenvalue weighted by Crippen LogP contribution is 2.58. The highest BCUT2D eigenvalue weighted by molar-refractivity contribution is 8.14. The average Bonchev–Trinajstić information content (AvgIpc) is 3.55. The van der Waals surface area contributed by atoms with Gasteiger partial charge < -0.3 is 11.1 Å². The fourth-order valence-electron chi connectivity index (χ4n) is 4.05. The number of alkyl halides is 1. The normalized spacial score (nSPS) is 24.3. The summed E-state index contributed by atoms with van der Waals surface area (Å²) >= 11 is 1.34. The van der Waals surface area contributed by atoms with E-state index in [1.165, 1.54) is 30.2 Å². The predicted molar refractivity (Wildman–Crippen MR) is 113 cm³/mol. The van der Waals surface area contributed by atoms with Crippen molar-refractivity contribution in [3.8, 4) is 6.07 Å². The Hall–Kier alpha value is -3.32. The number of amidine groups is 1. The third-order valence-corrected chi connectivity index (χ3v) is 6.77. The monoisotopic (exact) mass is 440 g/mol. The number of fused-ring (bicyclic) bond motifs is 2. The fraction of sp³-hybridized carbons (Fsp3) is 0.238. The number of nitrogens with two attached hydrogens (primary N) is 1. The number of thioether (sulfide) groups is 1. The summed E-state index contributed by atoms with van der Waals surface area (Å²) in [6.07, 6.45) is 3.54. The van der Waals surface area contributed by atoms with Crippen LogP contribution in [0.1, 0.15) is 17.5 Å². The number of rotatable bonds is 4. The van der Waals surface area contributed by atoms with Crippen LogP contribution in [-0.2, 0) is 5.54 Å². The molecule has 0 bridgehead atoms. The van der Waals surface area contributed by atoms with E-state index >= 15 is 0 Å². The van der Waals surface area contributed by atoms with Gasteiger partial charge in [0.05, 0.1) is 5.56 Å². The Morgan fingerprint density at radius 3 is 2.90 bits per heavy atom. The van der Waals surface area contributed by atoms with Crippen LogP contribution >= 0.6 is 11.8 Å². The van der Waals surface area contributed by atoms with Crippen molar-refractivity contribution in [3.05, 3.63) is 59.4 Å². The molecule has 0 unspecified atom stereocenters. The van der Waals surface area contributed by atoms with Gasteiger partial charge in [0.25, 0.3) is 0 Å². The zero-order valence-corrected chi connectivity index (χ0v) is 16.8. The maximum atomic E-state index is 14.8. The molecular formula is C21H15F3N6S. The summed E-state index contributed by atoms with van der Waals surface area (Å²) in [7, 11) is 0. The van der Waals surface area contributed by atoms with Crippen LogP contribution in [0, 0.1) is 28.9 Å². The number of nitrogens with zero attached hydrogens (tertiary/aromatic N) is 4. The SMILES string of the molecule is N#Cc1cnc2c(Nc3cc(F)c(F)c([C@@]4(CF)N=C(N)S[C@@H]5C[C@@H]54)c3)nccc2c1. The minimum absolute atomic E-state index is 0.0468. The van der Waals surface area contributed by atoms with Crippen molar-refractivity contribution in [2.45, 2.75) is 17.2 Å². The van der Waals surface area contributed by atoms with Gasteiger partial charge in [-0.3, -0.25) is 4.98 Å². The van der Waals surface area contributed by atoms with E-state index in [2.05, 4.69) is 20.3 Å². The van der Waals surface area contributed by atoms with Crippen LogP contribution in [0.5, 0.6) is 0 Å². The molecule has 0 radical (unpaired) electrons. The molecule has 6 nitrogen and oxygen atoms in total. The largest absolute Gasteiger partial charge is 0.379 e. The standard InChI is InChI=1S/C21H15F3N6S/c22-9-21(13-6-16(13)31-20(26)30-21)14-4-12(5-15(23)17(14)24)29-19-18-11(1-2-27-19)3-10(7-25)8-28-18/h1-5,8,13,16H,6,9H2,(H2,26,30)(H,27,29)/t13-,16+,21-/m0/s1. The van der Waals surface area contributed by atoms with Crippen LogP contribution in [0.4, 0.5) is 24.7 Å². The number of hydrogen-bond donors (Lipinski definition) is 2. The van der Waals surface area contributed by atoms with Crippen LogP contribution < -0.4 is 11.1 Å². The van der Waals surface area contributed by atoms with Crippen molar-refractivity contribution in [1.29, 1.82) is 5.26 Å². The lowest BCUT2D eigenvalue weighted by molar-refractivity contribution is 0.269. The summed E-state index contributed by atoms with van der Waals surface area (Å²) in [6, 6.07) is 7.68. The Morgan fingerprint density at radius 2 is 2.13 bits per heavy atom. The number of aliphatic imine (C=N–C) groups is 1. The number of halogens is 3. The van der Waals surface area contributed by atoms with Gasteiger partial charge in [-0.15, -0.1) is 0 Å². The van der Waals surface area contributed by atoms with Crippen molar-refractivity contribution in [1.82, 2.24) is 9.97 Å². The molecule has 1 aliphatic carbocycles. The average molecular weight is 440 g/mol. The van der Waals surface area contributed by atoms with Gasteiger partial charge in [-0.1, -0.05) is 11.8 Å². The van der Waals surface area contributed by atoms with Crippen LogP contribution in [-0.4, -0.2) is 27.1 Å². The topological polar surface area (TPSA) is 100.0 Å². The smallest absolute Gasteiger partial charge is 0.164 e. The number of pyridine rings is 2. The Labute approximate surface area is 179 Å². The molecular weight excluding hydrogens is 425 g/mol. The molecule has 3 N–H and O–H groups in total. The molecule has 1 aliphatic heterocycles. The van der Waals surface area contributed by atoms with E-state index < -0.39 is 23.8 Å². The molecule has 0 saturated heterocycles. The molecule has 10 heteroatoms. The number of nitrogens with one attached hydrogen (secondary N) is 1. The zero-order valence-electron chi connectivity index (χ0n) is 15.9. The molecule has 1 saturated carbocycles. The second-order valence-electron chi connectivity index (χ2n) is 7.52. The molecule has 2 aliphatic rings. The molecule has 3 heterocycles. The molecule has 2 aromatic heterocycles. The van der Waals surface area contributed by atoms with E-state index in [1.54, 1.807) is 12.1 Å². The second kappa shape index (κ2) is 7.13. The van der Waals surface area contributed by atoms with Gasteiger partial charge in [0.2, 0.25) is 0 Å². The van der Waals surface area contributed by atoms with Crippen LogP contribution in [0.3, 0.4) is 0 Å². The van der Waals surface area contributed by atoms with Gasteiger partial charge in [0, 0.05) is 46.3 Å². The van der Waals surface area contributed by atoms with Gasteiger partial charge in [0.1, 0.15) is 23.8 Å². The van der Waals surface area contributed by atoms with E-state index in [1.807, 2.05) is 6.07 Å². The predicted octanol–water partition coefficient (Wildman–Crippen LogP) is 4.14. The third-order valence-electron chi connectivity index (χ3n) is 5.62. The van der Waals surface area contributed by atoms with E-state index in [9.17, 15) is 13.2 Å². The minimum atomic E-state index is -1.55. The van der Waals surface area contributed by atoms with E-state index in [4.69, 9.17) is 11.0 Å². The number of anilines is 2. The fourth-order valence-corrected chi connectivity index (χ4v) is 5.27. The summed E-state index contributed by atoms with van der Waals surface area (Å²) in [6.45, 7) is -0.986.